The summed E-state index contributed by atoms with van der Waals surface area (Å²) in [6.45, 7) is 0.333. The first kappa shape index (κ1) is 19.9. The number of hydrogen-bond acceptors (Lipinski definition) is 7. The first-order valence-electron chi connectivity index (χ1n) is 8.68. The summed E-state index contributed by atoms with van der Waals surface area (Å²) in [5.41, 5.74) is 1.72. The third-order valence-electron chi connectivity index (χ3n) is 4.16. The molecule has 1 aromatic heterocycles. The van der Waals surface area contributed by atoms with E-state index >= 15 is 0 Å². The van der Waals surface area contributed by atoms with Gasteiger partial charge in [-0.05, 0) is 42.3 Å². The number of nitrogens with one attached hydrogen (secondary N) is 1. The number of ether oxygens (including phenoxy) is 2. The van der Waals surface area contributed by atoms with Gasteiger partial charge in [0.1, 0.15) is 0 Å². The van der Waals surface area contributed by atoms with Crippen molar-refractivity contribution in [3.05, 3.63) is 59.5 Å². The van der Waals surface area contributed by atoms with E-state index in [9.17, 15) is 9.59 Å². The second-order valence-corrected chi connectivity index (χ2v) is 6.00. The zero-order chi connectivity index (χ0) is 20.8. The Bertz CT molecular complexity index is 1010. The highest BCUT2D eigenvalue weighted by molar-refractivity contribution is 5.90. The molecule has 0 fully saturated rings. The van der Waals surface area contributed by atoms with Gasteiger partial charge in [0.05, 0.1) is 19.8 Å². The molecule has 0 radical (unpaired) electrons. The number of aromatic nitrogens is 2. The second kappa shape index (κ2) is 8.87. The highest BCUT2D eigenvalue weighted by Gasteiger charge is 2.17. The normalized spacial score (nSPS) is 10.4. The molecule has 2 N–H and O–H groups in total. The van der Waals surface area contributed by atoms with Gasteiger partial charge >= 0.3 is 17.8 Å². The predicted molar refractivity (Wildman–Crippen MR) is 102 cm³/mol. The maximum absolute atomic E-state index is 12.2. The molecule has 2 aromatic carbocycles. The molecule has 1 amide bonds. The topological polar surface area (TPSA) is 124 Å². The fraction of sp³-hybridized carbons (Fsp3) is 0.200. The number of benzene rings is 2. The highest BCUT2D eigenvalue weighted by Crippen LogP contribution is 2.31. The molecule has 150 valence electrons. The summed E-state index contributed by atoms with van der Waals surface area (Å²) >= 11 is 0. The fourth-order valence-electron chi connectivity index (χ4n) is 2.62. The summed E-state index contributed by atoms with van der Waals surface area (Å²) < 4.78 is 15.5. The number of carbonyl (C=O) groups is 2. The van der Waals surface area contributed by atoms with E-state index in [2.05, 4.69) is 15.5 Å². The van der Waals surface area contributed by atoms with Crippen molar-refractivity contribution in [3.63, 3.8) is 0 Å². The molecule has 0 saturated heterocycles. The molecule has 9 heteroatoms. The molecular weight excluding hydrogens is 378 g/mol. The predicted octanol–water partition coefficient (Wildman–Crippen LogP) is 2.42. The van der Waals surface area contributed by atoms with E-state index in [1.54, 1.807) is 30.3 Å². The lowest BCUT2D eigenvalue weighted by Crippen LogP contribution is -2.26. The number of hydrogen-bond donors (Lipinski definition) is 2. The van der Waals surface area contributed by atoms with Crippen molar-refractivity contribution in [1.82, 2.24) is 15.5 Å². The largest absolute Gasteiger partial charge is 0.493 e. The summed E-state index contributed by atoms with van der Waals surface area (Å²) in [4.78, 5) is 27.2. The third kappa shape index (κ3) is 4.70. The van der Waals surface area contributed by atoms with Crippen LogP contribution in [0.15, 0.2) is 47.0 Å². The number of amides is 1. The minimum absolute atomic E-state index is 0.156. The Morgan fingerprint density at radius 1 is 1.07 bits per heavy atom. The van der Waals surface area contributed by atoms with Gasteiger partial charge in [-0.25, -0.2) is 4.79 Å². The smallest absolute Gasteiger partial charge is 0.335 e. The van der Waals surface area contributed by atoms with Gasteiger partial charge in [-0.1, -0.05) is 17.3 Å². The Labute approximate surface area is 166 Å². The molecule has 0 atom stereocenters. The molecule has 0 spiro atoms. The highest BCUT2D eigenvalue weighted by atomic mass is 16.5. The molecule has 9 nitrogen and oxygen atoms in total. The van der Waals surface area contributed by atoms with Gasteiger partial charge in [0.2, 0.25) is 5.82 Å². The first-order valence-corrected chi connectivity index (χ1v) is 8.68. The van der Waals surface area contributed by atoms with Gasteiger partial charge in [0, 0.05) is 12.1 Å². The SMILES string of the molecule is COc1ccc(-c2noc(C(=O)NCCc3ccc(C(=O)O)cc3)n2)cc1OC. The lowest BCUT2D eigenvalue weighted by molar-refractivity contribution is 0.0696. The van der Waals surface area contributed by atoms with Crippen molar-refractivity contribution < 1.29 is 28.7 Å². The Hall–Kier alpha value is -3.88. The molecular formula is C20H19N3O6. The van der Waals surface area contributed by atoms with Gasteiger partial charge in [-0.3, -0.25) is 4.79 Å². The Kier molecular flexibility index (Phi) is 6.08. The van der Waals surface area contributed by atoms with Gasteiger partial charge < -0.3 is 24.4 Å². The standard InChI is InChI=1S/C20H19N3O6/c1-27-15-8-7-14(11-16(15)28-2)17-22-19(29-23-17)18(24)21-10-9-12-3-5-13(6-4-12)20(25)26/h3-8,11H,9-10H2,1-2H3,(H,21,24)(H,25,26). The minimum Gasteiger partial charge on any atom is -0.493 e. The number of carbonyl (C=O) groups excluding carboxylic acids is 1. The van der Waals surface area contributed by atoms with Gasteiger partial charge in [0.15, 0.2) is 11.5 Å². The Morgan fingerprint density at radius 3 is 2.45 bits per heavy atom. The van der Waals surface area contributed by atoms with Crippen LogP contribution in [0.5, 0.6) is 11.5 Å². The zero-order valence-corrected chi connectivity index (χ0v) is 15.8. The molecule has 0 aliphatic rings. The van der Waals surface area contributed by atoms with E-state index in [1.807, 2.05) is 0 Å². The van der Waals surface area contributed by atoms with E-state index in [4.69, 9.17) is 19.1 Å². The number of carboxylic acid groups (broad SMARTS) is 1. The summed E-state index contributed by atoms with van der Waals surface area (Å²) in [5.74, 6) is -0.307. The van der Waals surface area contributed by atoms with Crippen LogP contribution in [0.4, 0.5) is 0 Å². The molecule has 0 unspecified atom stereocenters. The lowest BCUT2D eigenvalue weighted by Gasteiger charge is -2.07. The quantitative estimate of drug-likeness (QED) is 0.594. The molecule has 29 heavy (non-hydrogen) atoms. The summed E-state index contributed by atoms with van der Waals surface area (Å²) in [6.07, 6.45) is 0.530. The molecule has 0 aliphatic heterocycles. The first-order chi connectivity index (χ1) is 14.0. The summed E-state index contributed by atoms with van der Waals surface area (Å²) in [7, 11) is 3.06. The third-order valence-corrected chi connectivity index (χ3v) is 4.16. The maximum atomic E-state index is 12.2. The average molecular weight is 397 g/mol. The number of carboxylic acids is 1. The molecule has 3 rings (SSSR count). The van der Waals surface area contributed by atoms with Crippen molar-refractivity contribution in [1.29, 1.82) is 0 Å². The minimum atomic E-state index is -0.980. The van der Waals surface area contributed by atoms with Gasteiger partial charge in [-0.2, -0.15) is 4.98 Å². The second-order valence-electron chi connectivity index (χ2n) is 6.00. The van der Waals surface area contributed by atoms with E-state index < -0.39 is 11.9 Å². The molecule has 0 saturated carbocycles. The Morgan fingerprint density at radius 2 is 1.79 bits per heavy atom. The van der Waals surface area contributed by atoms with Crippen molar-refractivity contribution in [3.8, 4) is 22.9 Å². The molecule has 3 aromatic rings. The van der Waals surface area contributed by atoms with Gasteiger partial charge in [0.25, 0.3) is 0 Å². The maximum Gasteiger partial charge on any atom is 0.335 e. The van der Waals surface area contributed by atoms with Crippen molar-refractivity contribution in [2.75, 3.05) is 20.8 Å². The van der Waals surface area contributed by atoms with Crippen molar-refractivity contribution in [2.24, 2.45) is 0 Å². The van der Waals surface area contributed by atoms with Crippen LogP contribution in [-0.2, 0) is 6.42 Å². The molecule has 1 heterocycles. The van der Waals surface area contributed by atoms with E-state index in [0.717, 1.165) is 5.56 Å². The van der Waals surface area contributed by atoms with Crippen LogP contribution in [-0.4, -0.2) is 47.9 Å². The lowest BCUT2D eigenvalue weighted by atomic mass is 10.1. The zero-order valence-electron chi connectivity index (χ0n) is 15.8. The number of nitrogens with zero attached hydrogens (tertiary/aromatic N) is 2. The Balaban J connectivity index is 1.60. The summed E-state index contributed by atoms with van der Waals surface area (Å²) in [5, 5.41) is 15.4. The van der Waals surface area contributed by atoms with Gasteiger partial charge in [-0.15, -0.1) is 0 Å². The number of methoxy groups -OCH3 is 2. The molecule has 0 aliphatic carbocycles. The van der Waals surface area contributed by atoms with Crippen LogP contribution < -0.4 is 14.8 Å². The van der Waals surface area contributed by atoms with Crippen LogP contribution in [0.2, 0.25) is 0 Å². The van der Waals surface area contributed by atoms with Crippen LogP contribution in [0.1, 0.15) is 26.6 Å². The monoisotopic (exact) mass is 397 g/mol. The van der Waals surface area contributed by atoms with E-state index in [-0.39, 0.29) is 17.3 Å². The van der Waals surface area contributed by atoms with E-state index in [0.29, 0.717) is 30.0 Å². The summed E-state index contributed by atoms with van der Waals surface area (Å²) in [6, 6.07) is 11.6. The number of aromatic carboxylic acids is 1. The number of rotatable bonds is 8. The van der Waals surface area contributed by atoms with Crippen molar-refractivity contribution >= 4 is 11.9 Å². The van der Waals surface area contributed by atoms with Crippen LogP contribution in [0.25, 0.3) is 11.4 Å². The van der Waals surface area contributed by atoms with Crippen molar-refractivity contribution in [2.45, 2.75) is 6.42 Å². The fourth-order valence-corrected chi connectivity index (χ4v) is 2.62. The van der Waals surface area contributed by atoms with Crippen LogP contribution >= 0.6 is 0 Å². The van der Waals surface area contributed by atoms with Crippen LogP contribution in [0, 0.1) is 0 Å². The average Bonchev–Trinajstić information content (AvgIpc) is 3.24. The van der Waals surface area contributed by atoms with E-state index in [1.165, 1.54) is 26.4 Å². The van der Waals surface area contributed by atoms with Crippen LogP contribution in [0.3, 0.4) is 0 Å². The molecule has 0 bridgehead atoms.